The van der Waals surface area contributed by atoms with Gasteiger partial charge in [0.05, 0.1) is 22.9 Å². The quantitative estimate of drug-likeness (QED) is 0.833. The lowest BCUT2D eigenvalue weighted by molar-refractivity contribution is 0.102. The molecule has 0 saturated heterocycles. The van der Waals surface area contributed by atoms with Crippen molar-refractivity contribution < 1.29 is 13.6 Å². The third-order valence-corrected chi connectivity index (χ3v) is 2.95. The van der Waals surface area contributed by atoms with E-state index in [1.165, 1.54) is 6.07 Å². The van der Waals surface area contributed by atoms with Crippen LogP contribution >= 0.6 is 0 Å². The number of hydrogen-bond acceptors (Lipinski definition) is 3. The van der Waals surface area contributed by atoms with Gasteiger partial charge in [0, 0.05) is 11.8 Å². The second-order valence-corrected chi connectivity index (χ2v) is 4.45. The average Bonchev–Trinajstić information content (AvgIpc) is 2.45. The highest BCUT2D eigenvalue weighted by atomic mass is 19.1. The lowest BCUT2D eigenvalue weighted by Crippen LogP contribution is -2.15. The number of nitrogen functional groups attached to an aromatic ring is 1. The maximum absolute atomic E-state index is 13.6. The molecule has 0 atom stereocenters. The summed E-state index contributed by atoms with van der Waals surface area (Å²) in [6.07, 6.45) is 0. The number of carbonyl (C=O) groups excluding carboxylic acids is 1. The molecule has 0 aliphatic heterocycles. The Kier molecular flexibility index (Phi) is 3.85. The zero-order valence-electron chi connectivity index (χ0n) is 11.1. The lowest BCUT2D eigenvalue weighted by Gasteiger charge is -2.10. The summed E-state index contributed by atoms with van der Waals surface area (Å²) in [6, 6.07) is 8.16. The predicted molar refractivity (Wildman–Crippen MR) is 74.6 cm³/mol. The normalized spacial score (nSPS) is 10.0. The summed E-state index contributed by atoms with van der Waals surface area (Å²) in [5, 5.41) is 11.3. The summed E-state index contributed by atoms with van der Waals surface area (Å²) in [5.41, 5.74) is 6.09. The lowest BCUT2D eigenvalue weighted by atomic mass is 10.1. The van der Waals surface area contributed by atoms with E-state index < -0.39 is 17.5 Å². The molecule has 0 aliphatic rings. The first-order valence-electron chi connectivity index (χ1n) is 5.99. The molecule has 1 amide bonds. The Bertz CT molecular complexity index is 766. The molecule has 0 saturated carbocycles. The summed E-state index contributed by atoms with van der Waals surface area (Å²) >= 11 is 0. The molecule has 2 rings (SSSR count). The highest BCUT2D eigenvalue weighted by Gasteiger charge is 2.16. The van der Waals surface area contributed by atoms with E-state index in [1.54, 1.807) is 19.1 Å². The van der Waals surface area contributed by atoms with Gasteiger partial charge < -0.3 is 11.1 Å². The van der Waals surface area contributed by atoms with Crippen LogP contribution in [0.4, 0.5) is 20.2 Å². The molecule has 0 radical (unpaired) electrons. The van der Waals surface area contributed by atoms with E-state index in [0.717, 1.165) is 6.07 Å². The summed E-state index contributed by atoms with van der Waals surface area (Å²) in [6.45, 7) is 1.73. The maximum Gasteiger partial charge on any atom is 0.258 e. The third kappa shape index (κ3) is 2.98. The Hall–Kier alpha value is -2.94. The highest BCUT2D eigenvalue weighted by molar-refractivity contribution is 6.05. The van der Waals surface area contributed by atoms with Gasteiger partial charge in [0.25, 0.3) is 5.91 Å². The van der Waals surface area contributed by atoms with Crippen molar-refractivity contribution in [2.75, 3.05) is 11.1 Å². The van der Waals surface area contributed by atoms with Crippen LogP contribution in [0.1, 0.15) is 21.5 Å². The number of rotatable bonds is 2. The predicted octanol–water partition coefficient (Wildman–Crippen LogP) is 2.98. The standard InChI is InChI=1S/C15H11F2N3O/c1-8-2-3-9(7-18)4-14(8)20-15(21)10-5-13(19)12(17)6-11(10)16/h2-6H,19H2,1H3,(H,20,21). The number of halogens is 2. The van der Waals surface area contributed by atoms with Crippen LogP contribution in [0.2, 0.25) is 0 Å². The van der Waals surface area contributed by atoms with Crippen molar-refractivity contribution in [2.24, 2.45) is 0 Å². The number of aryl methyl sites for hydroxylation is 1. The molecular formula is C15H11F2N3O. The molecule has 0 aliphatic carbocycles. The molecule has 2 aromatic carbocycles. The fourth-order valence-electron chi connectivity index (χ4n) is 1.76. The first-order valence-corrected chi connectivity index (χ1v) is 5.99. The average molecular weight is 287 g/mol. The van der Waals surface area contributed by atoms with Gasteiger partial charge in [-0.1, -0.05) is 6.07 Å². The molecule has 0 fully saturated rings. The molecule has 3 N–H and O–H groups in total. The van der Waals surface area contributed by atoms with Crippen LogP contribution in [0, 0.1) is 29.9 Å². The summed E-state index contributed by atoms with van der Waals surface area (Å²) < 4.78 is 26.7. The smallest absolute Gasteiger partial charge is 0.258 e. The van der Waals surface area contributed by atoms with Gasteiger partial charge in [-0.25, -0.2) is 8.78 Å². The SMILES string of the molecule is Cc1ccc(C#N)cc1NC(=O)c1cc(N)c(F)cc1F. The van der Waals surface area contributed by atoms with Gasteiger partial charge >= 0.3 is 0 Å². The van der Waals surface area contributed by atoms with Crippen molar-refractivity contribution in [3.05, 3.63) is 58.7 Å². The van der Waals surface area contributed by atoms with E-state index in [-0.39, 0.29) is 11.3 Å². The van der Waals surface area contributed by atoms with Gasteiger partial charge in [-0.15, -0.1) is 0 Å². The number of benzene rings is 2. The molecule has 0 spiro atoms. The van der Waals surface area contributed by atoms with Gasteiger partial charge in [0.2, 0.25) is 0 Å². The number of nitrogens with zero attached hydrogens (tertiary/aromatic N) is 1. The molecule has 21 heavy (non-hydrogen) atoms. The summed E-state index contributed by atoms with van der Waals surface area (Å²) in [5.74, 6) is -2.70. The van der Waals surface area contributed by atoms with Crippen LogP contribution in [-0.2, 0) is 0 Å². The number of nitriles is 1. The molecular weight excluding hydrogens is 276 g/mol. The molecule has 2 aromatic rings. The Labute approximate surface area is 119 Å². The van der Waals surface area contributed by atoms with E-state index in [9.17, 15) is 13.6 Å². The van der Waals surface area contributed by atoms with Crippen LogP contribution in [-0.4, -0.2) is 5.91 Å². The van der Waals surface area contributed by atoms with E-state index in [2.05, 4.69) is 5.32 Å². The van der Waals surface area contributed by atoms with E-state index in [4.69, 9.17) is 11.0 Å². The molecule has 0 unspecified atom stereocenters. The molecule has 6 heteroatoms. The Morgan fingerprint density at radius 1 is 1.24 bits per heavy atom. The summed E-state index contributed by atoms with van der Waals surface area (Å²) in [7, 11) is 0. The minimum absolute atomic E-state index is 0.316. The minimum Gasteiger partial charge on any atom is -0.396 e. The van der Waals surface area contributed by atoms with E-state index in [0.29, 0.717) is 22.9 Å². The number of amides is 1. The monoisotopic (exact) mass is 287 g/mol. The second-order valence-electron chi connectivity index (χ2n) is 4.45. The number of nitrogens with one attached hydrogen (secondary N) is 1. The Balaban J connectivity index is 2.35. The number of hydrogen-bond donors (Lipinski definition) is 2. The first-order chi connectivity index (χ1) is 9.92. The fourth-order valence-corrected chi connectivity index (χ4v) is 1.76. The molecule has 0 bridgehead atoms. The van der Waals surface area contributed by atoms with Crippen LogP contribution in [0.15, 0.2) is 30.3 Å². The Morgan fingerprint density at radius 3 is 2.62 bits per heavy atom. The van der Waals surface area contributed by atoms with E-state index in [1.807, 2.05) is 6.07 Å². The molecule has 0 heterocycles. The number of nitrogens with two attached hydrogens (primary N) is 1. The third-order valence-electron chi connectivity index (χ3n) is 2.95. The van der Waals surface area contributed by atoms with Gasteiger partial charge in [-0.3, -0.25) is 4.79 Å². The zero-order chi connectivity index (χ0) is 15.6. The topological polar surface area (TPSA) is 78.9 Å². The number of carbonyl (C=O) groups is 1. The van der Waals surface area contributed by atoms with Crippen molar-refractivity contribution in [1.82, 2.24) is 0 Å². The van der Waals surface area contributed by atoms with Crippen molar-refractivity contribution in [2.45, 2.75) is 6.92 Å². The van der Waals surface area contributed by atoms with Crippen molar-refractivity contribution >= 4 is 17.3 Å². The van der Waals surface area contributed by atoms with Crippen molar-refractivity contribution in [3.8, 4) is 6.07 Å². The van der Waals surface area contributed by atoms with Crippen molar-refractivity contribution in [3.63, 3.8) is 0 Å². The molecule has 106 valence electrons. The van der Waals surface area contributed by atoms with Crippen molar-refractivity contribution in [1.29, 1.82) is 5.26 Å². The van der Waals surface area contributed by atoms with Crippen LogP contribution in [0.3, 0.4) is 0 Å². The first kappa shape index (κ1) is 14.5. The van der Waals surface area contributed by atoms with Gasteiger partial charge in [-0.05, 0) is 30.7 Å². The maximum atomic E-state index is 13.6. The largest absolute Gasteiger partial charge is 0.396 e. The fraction of sp³-hybridized carbons (Fsp3) is 0.0667. The van der Waals surface area contributed by atoms with Crippen LogP contribution in [0.25, 0.3) is 0 Å². The zero-order valence-corrected chi connectivity index (χ0v) is 11.1. The van der Waals surface area contributed by atoms with Gasteiger partial charge in [0.15, 0.2) is 0 Å². The minimum atomic E-state index is -1.01. The van der Waals surface area contributed by atoms with E-state index >= 15 is 0 Å². The van der Waals surface area contributed by atoms with Gasteiger partial charge in [-0.2, -0.15) is 5.26 Å². The van der Waals surface area contributed by atoms with Crippen LogP contribution < -0.4 is 11.1 Å². The Morgan fingerprint density at radius 2 is 1.95 bits per heavy atom. The second kappa shape index (κ2) is 5.59. The summed E-state index contributed by atoms with van der Waals surface area (Å²) in [4.78, 5) is 12.0. The van der Waals surface area contributed by atoms with Crippen LogP contribution in [0.5, 0.6) is 0 Å². The van der Waals surface area contributed by atoms with Gasteiger partial charge in [0.1, 0.15) is 11.6 Å². The highest BCUT2D eigenvalue weighted by Crippen LogP contribution is 2.20. The molecule has 0 aromatic heterocycles. The number of anilines is 2. The molecule has 4 nitrogen and oxygen atoms in total.